The molecule has 15 heavy (non-hydrogen) atoms. The van der Waals surface area contributed by atoms with Crippen LogP contribution in [0.15, 0.2) is 0 Å². The van der Waals surface area contributed by atoms with E-state index in [1.165, 1.54) is 0 Å². The lowest BCUT2D eigenvalue weighted by atomic mass is 10.1. The minimum Gasteiger partial charge on any atom is -0.395 e. The standard InChI is InChI=1S/C10H19N3O2/c1-8(2)9(7-14)13-6-10(15)12-5-3-4-11/h8-9,13-14H,3,5-7H2,1-2H3,(H,12,15). The molecule has 0 radical (unpaired) electrons. The van der Waals surface area contributed by atoms with E-state index in [9.17, 15) is 4.79 Å². The van der Waals surface area contributed by atoms with Crippen molar-refractivity contribution in [1.82, 2.24) is 10.6 Å². The van der Waals surface area contributed by atoms with Gasteiger partial charge in [-0.1, -0.05) is 13.8 Å². The Hall–Kier alpha value is -1.12. The fourth-order valence-corrected chi connectivity index (χ4v) is 1.06. The summed E-state index contributed by atoms with van der Waals surface area (Å²) in [4.78, 5) is 11.2. The average Bonchev–Trinajstić information content (AvgIpc) is 2.18. The molecule has 0 aliphatic heterocycles. The van der Waals surface area contributed by atoms with Gasteiger partial charge in [-0.3, -0.25) is 4.79 Å². The van der Waals surface area contributed by atoms with E-state index < -0.39 is 0 Å². The third kappa shape index (κ3) is 6.89. The number of amides is 1. The topological polar surface area (TPSA) is 85.2 Å². The molecule has 3 N–H and O–H groups in total. The summed E-state index contributed by atoms with van der Waals surface area (Å²) < 4.78 is 0. The van der Waals surface area contributed by atoms with Crippen LogP contribution in [0.5, 0.6) is 0 Å². The maximum absolute atomic E-state index is 11.2. The first-order chi connectivity index (χ1) is 7.11. The Labute approximate surface area is 90.5 Å². The van der Waals surface area contributed by atoms with Gasteiger partial charge in [0.15, 0.2) is 0 Å². The predicted molar refractivity (Wildman–Crippen MR) is 57.0 cm³/mol. The number of nitriles is 1. The number of nitrogens with zero attached hydrogens (tertiary/aromatic N) is 1. The lowest BCUT2D eigenvalue weighted by Gasteiger charge is -2.19. The third-order valence-electron chi connectivity index (χ3n) is 2.09. The van der Waals surface area contributed by atoms with Crippen LogP contribution in [-0.2, 0) is 4.79 Å². The minimum absolute atomic E-state index is 0.0170. The molecule has 0 aromatic carbocycles. The van der Waals surface area contributed by atoms with E-state index in [0.29, 0.717) is 13.0 Å². The van der Waals surface area contributed by atoms with E-state index in [-0.39, 0.29) is 31.0 Å². The molecule has 0 aromatic heterocycles. The van der Waals surface area contributed by atoms with Gasteiger partial charge in [0.2, 0.25) is 5.91 Å². The van der Waals surface area contributed by atoms with E-state index in [1.54, 1.807) is 0 Å². The smallest absolute Gasteiger partial charge is 0.234 e. The van der Waals surface area contributed by atoms with Crippen molar-refractivity contribution in [2.24, 2.45) is 5.92 Å². The molecule has 0 bridgehead atoms. The Morgan fingerprint density at radius 2 is 2.20 bits per heavy atom. The van der Waals surface area contributed by atoms with Gasteiger partial charge in [0.25, 0.3) is 0 Å². The lowest BCUT2D eigenvalue weighted by Crippen LogP contribution is -2.43. The van der Waals surface area contributed by atoms with Crippen LogP contribution in [0.3, 0.4) is 0 Å². The Balaban J connectivity index is 3.65. The molecule has 0 saturated heterocycles. The number of hydrogen-bond donors (Lipinski definition) is 3. The highest BCUT2D eigenvalue weighted by molar-refractivity contribution is 5.77. The van der Waals surface area contributed by atoms with Crippen molar-refractivity contribution >= 4 is 5.91 Å². The van der Waals surface area contributed by atoms with Crippen LogP contribution >= 0.6 is 0 Å². The zero-order chi connectivity index (χ0) is 11.7. The molecule has 5 nitrogen and oxygen atoms in total. The SMILES string of the molecule is CC(C)C(CO)NCC(=O)NCCC#N. The summed E-state index contributed by atoms with van der Waals surface area (Å²) in [6, 6.07) is 1.88. The van der Waals surface area contributed by atoms with E-state index in [1.807, 2.05) is 19.9 Å². The van der Waals surface area contributed by atoms with E-state index in [4.69, 9.17) is 10.4 Å². The molecule has 0 rings (SSSR count). The van der Waals surface area contributed by atoms with Crippen molar-refractivity contribution in [2.75, 3.05) is 19.7 Å². The molecule has 5 heteroatoms. The molecule has 0 aliphatic rings. The molecule has 1 unspecified atom stereocenters. The number of hydrogen-bond acceptors (Lipinski definition) is 4. The Kier molecular flexibility index (Phi) is 7.60. The summed E-state index contributed by atoms with van der Waals surface area (Å²) in [5.41, 5.74) is 0. The van der Waals surface area contributed by atoms with Gasteiger partial charge >= 0.3 is 0 Å². The van der Waals surface area contributed by atoms with Gasteiger partial charge in [0, 0.05) is 12.6 Å². The van der Waals surface area contributed by atoms with E-state index in [2.05, 4.69) is 10.6 Å². The van der Waals surface area contributed by atoms with Crippen molar-refractivity contribution in [1.29, 1.82) is 5.26 Å². The number of rotatable bonds is 7. The van der Waals surface area contributed by atoms with Gasteiger partial charge in [-0.15, -0.1) is 0 Å². The second-order valence-corrected chi connectivity index (χ2v) is 3.67. The number of aliphatic hydroxyl groups is 1. The second kappa shape index (κ2) is 8.21. The number of nitrogens with one attached hydrogen (secondary N) is 2. The highest BCUT2D eigenvalue weighted by Crippen LogP contribution is 1.99. The second-order valence-electron chi connectivity index (χ2n) is 3.67. The van der Waals surface area contributed by atoms with Gasteiger partial charge in [-0.2, -0.15) is 5.26 Å². The molecule has 0 spiro atoms. The van der Waals surface area contributed by atoms with Crippen molar-refractivity contribution in [2.45, 2.75) is 26.3 Å². The van der Waals surface area contributed by atoms with Crippen molar-refractivity contribution in [3.05, 3.63) is 0 Å². The van der Waals surface area contributed by atoms with Gasteiger partial charge in [0.1, 0.15) is 0 Å². The molecule has 0 aromatic rings. The average molecular weight is 213 g/mol. The first-order valence-corrected chi connectivity index (χ1v) is 5.09. The monoisotopic (exact) mass is 213 g/mol. The number of carbonyl (C=O) groups excluding carboxylic acids is 1. The first-order valence-electron chi connectivity index (χ1n) is 5.09. The molecule has 0 saturated carbocycles. The minimum atomic E-state index is -0.149. The summed E-state index contributed by atoms with van der Waals surface area (Å²) in [7, 11) is 0. The first kappa shape index (κ1) is 13.9. The van der Waals surface area contributed by atoms with Crippen LogP contribution in [0.1, 0.15) is 20.3 Å². The predicted octanol–water partition coefficient (Wildman–Crippen LogP) is -0.377. The zero-order valence-electron chi connectivity index (χ0n) is 9.29. The largest absolute Gasteiger partial charge is 0.395 e. The van der Waals surface area contributed by atoms with E-state index in [0.717, 1.165) is 0 Å². The highest BCUT2D eigenvalue weighted by Gasteiger charge is 2.12. The molecule has 0 heterocycles. The normalized spacial score (nSPS) is 12.2. The molecule has 86 valence electrons. The fraction of sp³-hybridized carbons (Fsp3) is 0.800. The van der Waals surface area contributed by atoms with Crippen LogP contribution in [0.25, 0.3) is 0 Å². The number of aliphatic hydroxyl groups excluding tert-OH is 1. The Morgan fingerprint density at radius 1 is 1.53 bits per heavy atom. The van der Waals surface area contributed by atoms with Crippen molar-refractivity contribution < 1.29 is 9.90 Å². The summed E-state index contributed by atoms with van der Waals surface area (Å²) in [6.07, 6.45) is 0.319. The summed E-state index contributed by atoms with van der Waals surface area (Å²) in [5.74, 6) is 0.131. The van der Waals surface area contributed by atoms with Crippen LogP contribution in [0.2, 0.25) is 0 Å². The Bertz CT molecular complexity index is 223. The third-order valence-corrected chi connectivity index (χ3v) is 2.09. The van der Waals surface area contributed by atoms with Crippen LogP contribution in [0, 0.1) is 17.2 Å². The zero-order valence-corrected chi connectivity index (χ0v) is 9.29. The van der Waals surface area contributed by atoms with Gasteiger partial charge in [0.05, 0.1) is 25.6 Å². The van der Waals surface area contributed by atoms with Gasteiger partial charge < -0.3 is 15.7 Å². The fourth-order valence-electron chi connectivity index (χ4n) is 1.06. The van der Waals surface area contributed by atoms with E-state index >= 15 is 0 Å². The summed E-state index contributed by atoms with van der Waals surface area (Å²) >= 11 is 0. The Morgan fingerprint density at radius 3 is 2.67 bits per heavy atom. The molecular weight excluding hydrogens is 194 g/mol. The van der Waals surface area contributed by atoms with Crippen molar-refractivity contribution in [3.63, 3.8) is 0 Å². The lowest BCUT2D eigenvalue weighted by molar-refractivity contribution is -0.120. The number of carbonyl (C=O) groups is 1. The maximum atomic E-state index is 11.2. The van der Waals surface area contributed by atoms with Crippen LogP contribution < -0.4 is 10.6 Å². The quantitative estimate of drug-likeness (QED) is 0.503. The molecule has 1 amide bonds. The summed E-state index contributed by atoms with van der Waals surface area (Å²) in [6.45, 7) is 4.52. The summed E-state index contributed by atoms with van der Waals surface area (Å²) in [5, 5.41) is 22.8. The van der Waals surface area contributed by atoms with Gasteiger partial charge in [-0.05, 0) is 5.92 Å². The molecule has 0 fully saturated rings. The highest BCUT2D eigenvalue weighted by atomic mass is 16.3. The molecule has 0 aliphatic carbocycles. The molecular formula is C10H19N3O2. The van der Waals surface area contributed by atoms with Crippen LogP contribution in [0.4, 0.5) is 0 Å². The molecule has 1 atom stereocenters. The van der Waals surface area contributed by atoms with Crippen molar-refractivity contribution in [3.8, 4) is 6.07 Å². The maximum Gasteiger partial charge on any atom is 0.234 e. The van der Waals surface area contributed by atoms with Crippen LogP contribution in [-0.4, -0.2) is 36.8 Å². The van der Waals surface area contributed by atoms with Gasteiger partial charge in [-0.25, -0.2) is 0 Å².